The van der Waals surface area contributed by atoms with Gasteiger partial charge in [-0.1, -0.05) is 41.4 Å². The van der Waals surface area contributed by atoms with Crippen molar-refractivity contribution in [3.8, 4) is 5.75 Å². The molecule has 20 heavy (non-hydrogen) atoms. The summed E-state index contributed by atoms with van der Waals surface area (Å²) in [6, 6.07) is 9.55. The lowest BCUT2D eigenvalue weighted by Gasteiger charge is -2.11. The van der Waals surface area contributed by atoms with Crippen molar-refractivity contribution in [2.24, 2.45) is 5.73 Å². The van der Waals surface area contributed by atoms with E-state index in [-0.39, 0.29) is 18.5 Å². The molecule has 0 amide bonds. The third kappa shape index (κ3) is 3.42. The lowest BCUT2D eigenvalue weighted by atomic mass is 10.1. The highest BCUT2D eigenvalue weighted by atomic mass is 35.5. The maximum atomic E-state index is 13.8. The van der Waals surface area contributed by atoms with Gasteiger partial charge in [-0.25, -0.2) is 4.39 Å². The highest BCUT2D eigenvalue weighted by Gasteiger charge is 2.09. The molecular formula is C15H14Cl2FNO. The predicted octanol–water partition coefficient (Wildman–Crippen LogP) is 4.73. The van der Waals surface area contributed by atoms with Crippen LogP contribution in [-0.4, -0.2) is 0 Å². The van der Waals surface area contributed by atoms with Gasteiger partial charge in [0.15, 0.2) is 0 Å². The Balaban J connectivity index is 2.11. The van der Waals surface area contributed by atoms with Crippen molar-refractivity contribution in [1.82, 2.24) is 0 Å². The molecule has 2 aromatic carbocycles. The van der Waals surface area contributed by atoms with Crippen LogP contribution in [0.4, 0.5) is 4.39 Å². The quantitative estimate of drug-likeness (QED) is 0.885. The molecule has 0 heterocycles. The zero-order valence-electron chi connectivity index (χ0n) is 10.9. The van der Waals surface area contributed by atoms with Crippen molar-refractivity contribution in [3.05, 3.63) is 63.4 Å². The number of hydrogen-bond donors (Lipinski definition) is 1. The van der Waals surface area contributed by atoms with E-state index in [0.29, 0.717) is 21.4 Å². The Morgan fingerprint density at radius 1 is 1.25 bits per heavy atom. The summed E-state index contributed by atoms with van der Waals surface area (Å²) in [4.78, 5) is 0. The lowest BCUT2D eigenvalue weighted by Crippen LogP contribution is -2.07. The molecule has 0 fully saturated rings. The molecule has 0 aliphatic carbocycles. The lowest BCUT2D eigenvalue weighted by molar-refractivity contribution is 0.304. The van der Waals surface area contributed by atoms with Crippen LogP contribution in [0, 0.1) is 5.82 Å². The average Bonchev–Trinajstić information content (AvgIpc) is 2.40. The molecule has 0 bridgehead atoms. The summed E-state index contributed by atoms with van der Waals surface area (Å²) < 4.78 is 19.3. The molecule has 0 aliphatic rings. The monoisotopic (exact) mass is 313 g/mol. The van der Waals surface area contributed by atoms with Crippen LogP contribution in [-0.2, 0) is 6.61 Å². The van der Waals surface area contributed by atoms with Gasteiger partial charge >= 0.3 is 0 Å². The van der Waals surface area contributed by atoms with E-state index < -0.39 is 0 Å². The SMILES string of the molecule is C[C@@H](N)c1ccc(OCc2cccc(Cl)c2Cl)cc1F. The zero-order valence-corrected chi connectivity index (χ0v) is 12.4. The van der Waals surface area contributed by atoms with Gasteiger partial charge in [-0.2, -0.15) is 0 Å². The Kier molecular flexibility index (Phi) is 4.86. The fourth-order valence-electron chi connectivity index (χ4n) is 1.79. The van der Waals surface area contributed by atoms with Crippen LogP contribution in [0.1, 0.15) is 24.1 Å². The van der Waals surface area contributed by atoms with Crippen LogP contribution in [0.3, 0.4) is 0 Å². The first-order chi connectivity index (χ1) is 9.49. The Labute approximate surface area is 127 Å². The fraction of sp³-hybridized carbons (Fsp3) is 0.200. The molecule has 0 saturated carbocycles. The maximum Gasteiger partial charge on any atom is 0.131 e. The van der Waals surface area contributed by atoms with Gasteiger partial charge in [-0.15, -0.1) is 0 Å². The number of rotatable bonds is 4. The molecule has 2 nitrogen and oxygen atoms in total. The summed E-state index contributed by atoms with van der Waals surface area (Å²) in [6.45, 7) is 1.95. The smallest absolute Gasteiger partial charge is 0.131 e. The second kappa shape index (κ2) is 6.44. The van der Waals surface area contributed by atoms with Gasteiger partial charge in [-0.3, -0.25) is 0 Å². The number of ether oxygens (including phenoxy) is 1. The predicted molar refractivity (Wildman–Crippen MR) is 79.8 cm³/mol. The molecule has 2 rings (SSSR count). The Hall–Kier alpha value is -1.29. The van der Waals surface area contributed by atoms with E-state index in [2.05, 4.69) is 0 Å². The van der Waals surface area contributed by atoms with Gasteiger partial charge in [0.1, 0.15) is 18.2 Å². The third-order valence-corrected chi connectivity index (χ3v) is 3.75. The normalized spacial score (nSPS) is 12.2. The highest BCUT2D eigenvalue weighted by Crippen LogP contribution is 2.27. The molecule has 0 spiro atoms. The first-order valence-corrected chi connectivity index (χ1v) is 6.85. The summed E-state index contributed by atoms with van der Waals surface area (Å²) in [5.74, 6) is 0.0395. The topological polar surface area (TPSA) is 35.2 Å². The van der Waals surface area contributed by atoms with Gasteiger partial charge in [-0.05, 0) is 19.1 Å². The van der Waals surface area contributed by atoms with E-state index in [1.807, 2.05) is 0 Å². The first kappa shape index (κ1) is 15.1. The van der Waals surface area contributed by atoms with Crippen LogP contribution >= 0.6 is 23.2 Å². The Bertz CT molecular complexity index is 617. The highest BCUT2D eigenvalue weighted by molar-refractivity contribution is 6.42. The average molecular weight is 314 g/mol. The summed E-state index contributed by atoms with van der Waals surface area (Å²) in [5.41, 5.74) is 6.86. The molecule has 0 aliphatic heterocycles. The summed E-state index contributed by atoms with van der Waals surface area (Å²) in [5, 5.41) is 0.910. The van der Waals surface area contributed by atoms with Crippen molar-refractivity contribution in [2.45, 2.75) is 19.6 Å². The number of hydrogen-bond acceptors (Lipinski definition) is 2. The first-order valence-electron chi connectivity index (χ1n) is 6.09. The van der Waals surface area contributed by atoms with Crippen LogP contribution < -0.4 is 10.5 Å². The van der Waals surface area contributed by atoms with Gasteiger partial charge < -0.3 is 10.5 Å². The molecule has 5 heteroatoms. The molecule has 106 valence electrons. The van der Waals surface area contributed by atoms with Crippen LogP contribution in [0.2, 0.25) is 10.0 Å². The van der Waals surface area contributed by atoms with Crippen LogP contribution in [0.5, 0.6) is 5.75 Å². The molecule has 2 N–H and O–H groups in total. The molecule has 0 aromatic heterocycles. The van der Waals surface area contributed by atoms with E-state index in [1.165, 1.54) is 6.07 Å². The fourth-order valence-corrected chi connectivity index (χ4v) is 2.16. The zero-order chi connectivity index (χ0) is 14.7. The van der Waals surface area contributed by atoms with Crippen molar-refractivity contribution in [3.63, 3.8) is 0 Å². The van der Waals surface area contributed by atoms with E-state index in [9.17, 15) is 4.39 Å². The number of nitrogens with two attached hydrogens (primary N) is 1. The van der Waals surface area contributed by atoms with Crippen molar-refractivity contribution in [1.29, 1.82) is 0 Å². The van der Waals surface area contributed by atoms with Gasteiger partial charge in [0.05, 0.1) is 10.0 Å². The molecule has 0 unspecified atom stereocenters. The molecular weight excluding hydrogens is 300 g/mol. The standard InChI is InChI=1S/C15H14Cl2FNO/c1-9(19)12-6-5-11(7-14(12)18)20-8-10-3-2-4-13(16)15(10)17/h2-7,9H,8,19H2,1H3/t9-/m1/s1. The maximum absolute atomic E-state index is 13.8. The number of halogens is 3. The number of benzene rings is 2. The second-order valence-electron chi connectivity index (χ2n) is 4.47. The largest absolute Gasteiger partial charge is 0.489 e. The molecule has 2 aromatic rings. The van der Waals surface area contributed by atoms with E-state index in [1.54, 1.807) is 37.3 Å². The summed E-state index contributed by atoms with van der Waals surface area (Å²) in [6.07, 6.45) is 0. The van der Waals surface area contributed by atoms with Crippen LogP contribution in [0.25, 0.3) is 0 Å². The van der Waals surface area contributed by atoms with Crippen molar-refractivity contribution >= 4 is 23.2 Å². The minimum atomic E-state index is -0.380. The van der Waals surface area contributed by atoms with E-state index in [0.717, 1.165) is 5.56 Å². The molecule has 1 atom stereocenters. The minimum Gasteiger partial charge on any atom is -0.489 e. The van der Waals surface area contributed by atoms with Gasteiger partial charge in [0, 0.05) is 23.2 Å². The van der Waals surface area contributed by atoms with E-state index in [4.69, 9.17) is 33.7 Å². The Morgan fingerprint density at radius 2 is 2.00 bits per heavy atom. The summed E-state index contributed by atoms with van der Waals surface area (Å²) in [7, 11) is 0. The summed E-state index contributed by atoms with van der Waals surface area (Å²) >= 11 is 12.0. The van der Waals surface area contributed by atoms with E-state index >= 15 is 0 Å². The minimum absolute atomic E-state index is 0.219. The van der Waals surface area contributed by atoms with Gasteiger partial charge in [0.25, 0.3) is 0 Å². The van der Waals surface area contributed by atoms with Crippen molar-refractivity contribution in [2.75, 3.05) is 0 Å². The van der Waals surface area contributed by atoms with Gasteiger partial charge in [0.2, 0.25) is 0 Å². The van der Waals surface area contributed by atoms with Crippen molar-refractivity contribution < 1.29 is 9.13 Å². The molecule has 0 saturated heterocycles. The Morgan fingerprint density at radius 3 is 2.65 bits per heavy atom. The van der Waals surface area contributed by atoms with Crippen LogP contribution in [0.15, 0.2) is 36.4 Å². The second-order valence-corrected chi connectivity index (χ2v) is 5.26. The third-order valence-electron chi connectivity index (χ3n) is 2.89. The molecule has 0 radical (unpaired) electrons.